The number of anilines is 1. The van der Waals surface area contributed by atoms with Gasteiger partial charge in [0.25, 0.3) is 0 Å². The number of fused-ring (bicyclic) bond motifs is 1. The number of nitrogens with zero attached hydrogens (tertiary/aromatic N) is 3. The summed E-state index contributed by atoms with van der Waals surface area (Å²) in [6, 6.07) is 13.3. The first-order valence-electron chi connectivity index (χ1n) is 11.6. The van der Waals surface area contributed by atoms with Crippen molar-refractivity contribution < 1.29 is 19.0 Å². The van der Waals surface area contributed by atoms with Crippen molar-refractivity contribution in [3.8, 4) is 11.5 Å². The van der Waals surface area contributed by atoms with Gasteiger partial charge in [-0.2, -0.15) is 4.98 Å². The maximum Gasteiger partial charge on any atom is 0.338 e. The fourth-order valence-electron chi connectivity index (χ4n) is 4.04. The number of rotatable bonds is 9. The lowest BCUT2D eigenvalue weighted by Gasteiger charge is -2.28. The summed E-state index contributed by atoms with van der Waals surface area (Å²) in [4.78, 5) is 17.6. The molecule has 1 aromatic heterocycles. The Hall–Kier alpha value is -3.46. The standard InChI is InChI=1S/C26H30N4O4S/c1-6-33-24(31)22-17(4)27-25-28-26(35-7-2)29-30(25)23(22)19-11-12-20(21(14-19)32-5)34-15-18-10-8-9-16(3)13-18/h8-14,23H,6-7,15H2,1-5H3,(H,27,28,29). The molecule has 0 saturated carbocycles. The second kappa shape index (κ2) is 10.9. The van der Waals surface area contributed by atoms with E-state index in [1.807, 2.05) is 44.2 Å². The second-order valence-electron chi connectivity index (χ2n) is 8.07. The van der Waals surface area contributed by atoms with Crippen LogP contribution >= 0.6 is 11.8 Å². The van der Waals surface area contributed by atoms with Crippen LogP contribution in [0, 0.1) is 6.92 Å². The van der Waals surface area contributed by atoms with E-state index in [2.05, 4.69) is 34.5 Å². The first kappa shape index (κ1) is 24.7. The van der Waals surface area contributed by atoms with Crippen LogP contribution in [-0.4, -0.2) is 40.2 Å². The number of aromatic nitrogens is 3. The summed E-state index contributed by atoms with van der Waals surface area (Å²) in [5.74, 6) is 2.21. The molecule has 9 heteroatoms. The lowest BCUT2D eigenvalue weighted by molar-refractivity contribution is -0.139. The molecule has 184 valence electrons. The third-order valence-corrected chi connectivity index (χ3v) is 6.30. The summed E-state index contributed by atoms with van der Waals surface area (Å²) in [6.45, 7) is 8.43. The minimum absolute atomic E-state index is 0.276. The van der Waals surface area contributed by atoms with Crippen molar-refractivity contribution in [1.29, 1.82) is 0 Å². The molecule has 1 unspecified atom stereocenters. The topological polar surface area (TPSA) is 87.5 Å². The number of thioether (sulfide) groups is 1. The number of carbonyl (C=O) groups is 1. The first-order valence-corrected chi connectivity index (χ1v) is 12.5. The molecule has 0 amide bonds. The molecule has 35 heavy (non-hydrogen) atoms. The minimum Gasteiger partial charge on any atom is -0.493 e. The molecular formula is C26H30N4O4S. The van der Waals surface area contributed by atoms with Crippen LogP contribution in [0.2, 0.25) is 0 Å². The molecule has 0 aliphatic carbocycles. The Labute approximate surface area is 209 Å². The Bertz CT molecular complexity index is 1250. The molecule has 1 aliphatic heterocycles. The molecule has 0 radical (unpaired) electrons. The molecule has 3 aromatic rings. The minimum atomic E-state index is -0.524. The zero-order valence-corrected chi connectivity index (χ0v) is 21.4. The number of methoxy groups -OCH3 is 1. The molecule has 1 N–H and O–H groups in total. The van der Waals surface area contributed by atoms with Crippen molar-refractivity contribution in [2.45, 2.75) is 45.5 Å². The van der Waals surface area contributed by atoms with Gasteiger partial charge in [-0.05, 0) is 49.8 Å². The number of aryl methyl sites for hydroxylation is 1. The zero-order chi connectivity index (χ0) is 24.9. The Balaban J connectivity index is 1.71. The van der Waals surface area contributed by atoms with E-state index in [0.29, 0.717) is 40.5 Å². The van der Waals surface area contributed by atoms with Gasteiger partial charge in [-0.1, -0.05) is 54.6 Å². The van der Waals surface area contributed by atoms with Crippen LogP contribution in [0.4, 0.5) is 5.95 Å². The van der Waals surface area contributed by atoms with Gasteiger partial charge < -0.3 is 19.5 Å². The second-order valence-corrected chi connectivity index (χ2v) is 9.30. The fraction of sp³-hybridized carbons (Fsp3) is 0.346. The van der Waals surface area contributed by atoms with E-state index >= 15 is 0 Å². The number of allylic oxidation sites excluding steroid dienone is 1. The van der Waals surface area contributed by atoms with Gasteiger partial charge >= 0.3 is 5.97 Å². The van der Waals surface area contributed by atoms with E-state index in [9.17, 15) is 4.79 Å². The monoisotopic (exact) mass is 494 g/mol. The summed E-state index contributed by atoms with van der Waals surface area (Å²) in [5.41, 5.74) is 4.23. The summed E-state index contributed by atoms with van der Waals surface area (Å²) in [7, 11) is 1.60. The maximum absolute atomic E-state index is 13.0. The van der Waals surface area contributed by atoms with Gasteiger partial charge in [0.15, 0.2) is 11.5 Å². The van der Waals surface area contributed by atoms with E-state index in [-0.39, 0.29) is 6.61 Å². The van der Waals surface area contributed by atoms with Crippen LogP contribution in [0.1, 0.15) is 43.5 Å². The molecule has 2 heterocycles. The highest BCUT2D eigenvalue weighted by Crippen LogP contribution is 2.40. The van der Waals surface area contributed by atoms with Crippen LogP contribution in [0.3, 0.4) is 0 Å². The van der Waals surface area contributed by atoms with Crippen molar-refractivity contribution >= 4 is 23.7 Å². The van der Waals surface area contributed by atoms with Crippen molar-refractivity contribution in [2.24, 2.45) is 0 Å². The van der Waals surface area contributed by atoms with E-state index in [4.69, 9.17) is 14.2 Å². The van der Waals surface area contributed by atoms with E-state index in [1.165, 1.54) is 5.56 Å². The lowest BCUT2D eigenvalue weighted by atomic mass is 9.95. The van der Waals surface area contributed by atoms with Gasteiger partial charge in [0.2, 0.25) is 11.1 Å². The van der Waals surface area contributed by atoms with Crippen LogP contribution in [-0.2, 0) is 16.1 Å². The van der Waals surface area contributed by atoms with Crippen molar-refractivity contribution in [2.75, 3.05) is 24.8 Å². The highest BCUT2D eigenvalue weighted by molar-refractivity contribution is 7.99. The normalized spacial score (nSPS) is 14.8. The van der Waals surface area contributed by atoms with E-state index < -0.39 is 12.0 Å². The average Bonchev–Trinajstić information content (AvgIpc) is 3.24. The highest BCUT2D eigenvalue weighted by Gasteiger charge is 2.35. The average molecular weight is 495 g/mol. The van der Waals surface area contributed by atoms with Gasteiger partial charge in [-0.3, -0.25) is 0 Å². The van der Waals surface area contributed by atoms with Crippen molar-refractivity contribution in [3.05, 3.63) is 70.4 Å². The third-order valence-electron chi connectivity index (χ3n) is 5.58. The lowest BCUT2D eigenvalue weighted by Crippen LogP contribution is -2.29. The van der Waals surface area contributed by atoms with Crippen LogP contribution in [0.25, 0.3) is 0 Å². The largest absolute Gasteiger partial charge is 0.493 e. The molecule has 0 fully saturated rings. The Morgan fingerprint density at radius 3 is 2.69 bits per heavy atom. The Morgan fingerprint density at radius 1 is 1.14 bits per heavy atom. The van der Waals surface area contributed by atoms with Gasteiger partial charge in [-0.25, -0.2) is 9.48 Å². The molecule has 0 saturated heterocycles. The van der Waals surface area contributed by atoms with Crippen molar-refractivity contribution in [3.63, 3.8) is 0 Å². The quantitative estimate of drug-likeness (QED) is 0.323. The number of hydrogen-bond donors (Lipinski definition) is 1. The van der Waals surface area contributed by atoms with Gasteiger partial charge in [0, 0.05) is 5.70 Å². The Morgan fingerprint density at radius 2 is 1.97 bits per heavy atom. The predicted octanol–water partition coefficient (Wildman–Crippen LogP) is 5.14. The summed E-state index contributed by atoms with van der Waals surface area (Å²) >= 11 is 1.54. The zero-order valence-electron chi connectivity index (χ0n) is 20.6. The molecule has 1 atom stereocenters. The van der Waals surface area contributed by atoms with E-state index in [1.54, 1.807) is 30.5 Å². The number of carbonyl (C=O) groups excluding carboxylic acids is 1. The fourth-order valence-corrected chi connectivity index (χ4v) is 4.59. The number of hydrogen-bond acceptors (Lipinski definition) is 8. The smallest absolute Gasteiger partial charge is 0.338 e. The Kier molecular flexibility index (Phi) is 7.65. The molecule has 8 nitrogen and oxygen atoms in total. The predicted molar refractivity (Wildman–Crippen MR) is 136 cm³/mol. The first-order chi connectivity index (χ1) is 16.9. The molecular weight excluding hydrogens is 464 g/mol. The van der Waals surface area contributed by atoms with Crippen LogP contribution < -0.4 is 14.8 Å². The van der Waals surface area contributed by atoms with Crippen LogP contribution in [0.5, 0.6) is 11.5 Å². The SMILES string of the molecule is CCOC(=O)C1=C(C)Nc2nc(SCC)nn2C1c1ccc(OCc2cccc(C)c2)c(OC)c1. The summed E-state index contributed by atoms with van der Waals surface area (Å²) < 4.78 is 18.9. The molecule has 2 aromatic carbocycles. The van der Waals surface area contributed by atoms with Crippen molar-refractivity contribution in [1.82, 2.24) is 14.8 Å². The number of esters is 1. The number of nitrogens with one attached hydrogen (secondary N) is 1. The third kappa shape index (κ3) is 5.30. The van der Waals surface area contributed by atoms with Crippen LogP contribution in [0.15, 0.2) is 58.9 Å². The molecule has 0 bridgehead atoms. The van der Waals surface area contributed by atoms with E-state index in [0.717, 1.165) is 16.9 Å². The van der Waals surface area contributed by atoms with Gasteiger partial charge in [0.05, 0.1) is 19.3 Å². The molecule has 4 rings (SSSR count). The van der Waals surface area contributed by atoms with Gasteiger partial charge in [-0.15, -0.1) is 5.10 Å². The summed E-state index contributed by atoms with van der Waals surface area (Å²) in [6.07, 6.45) is 0. The highest BCUT2D eigenvalue weighted by atomic mass is 32.2. The molecule has 0 spiro atoms. The number of benzene rings is 2. The van der Waals surface area contributed by atoms with Gasteiger partial charge in [0.1, 0.15) is 12.6 Å². The number of ether oxygens (including phenoxy) is 3. The maximum atomic E-state index is 13.0. The summed E-state index contributed by atoms with van der Waals surface area (Å²) in [5, 5.41) is 8.53. The molecule has 1 aliphatic rings.